The van der Waals surface area contributed by atoms with Gasteiger partial charge in [-0.05, 0) is 31.8 Å². The summed E-state index contributed by atoms with van der Waals surface area (Å²) in [7, 11) is 0. The molecule has 10 heavy (non-hydrogen) atoms. The van der Waals surface area contributed by atoms with Crippen LogP contribution < -0.4 is 5.32 Å². The lowest BCUT2D eigenvalue weighted by molar-refractivity contribution is 0.384. The number of hydrogen-bond acceptors (Lipinski definition) is 1. The predicted octanol–water partition coefficient (Wildman–Crippen LogP) is 1.43. The predicted molar refractivity (Wildman–Crippen MR) is 46.3 cm³/mol. The highest BCUT2D eigenvalue weighted by atomic mass is 35.5. The van der Waals surface area contributed by atoms with Gasteiger partial charge in [-0.25, -0.2) is 0 Å². The van der Waals surface area contributed by atoms with E-state index in [0.717, 1.165) is 18.9 Å². The molecule has 0 amide bonds. The van der Waals surface area contributed by atoms with E-state index in [1.165, 1.54) is 19.4 Å². The molecule has 0 saturated carbocycles. The molecule has 1 N–H and O–H groups in total. The molecular weight excluding hydrogens is 146 g/mol. The van der Waals surface area contributed by atoms with Crippen molar-refractivity contribution in [2.24, 2.45) is 5.92 Å². The topological polar surface area (TPSA) is 12.0 Å². The molecule has 0 bridgehead atoms. The van der Waals surface area contributed by atoms with Crippen molar-refractivity contribution in [1.82, 2.24) is 5.32 Å². The van der Waals surface area contributed by atoms with Gasteiger partial charge in [0, 0.05) is 6.42 Å². The van der Waals surface area contributed by atoms with Crippen molar-refractivity contribution in [3.8, 4) is 12.3 Å². The number of nitrogens with one attached hydrogen (secondary N) is 1. The van der Waals surface area contributed by atoms with E-state index in [1.54, 1.807) is 0 Å². The van der Waals surface area contributed by atoms with Gasteiger partial charge in [0.15, 0.2) is 0 Å². The summed E-state index contributed by atoms with van der Waals surface area (Å²) in [5.74, 6) is 3.45. The fourth-order valence-corrected chi connectivity index (χ4v) is 1.26. The Balaban J connectivity index is 0.000000810. The summed E-state index contributed by atoms with van der Waals surface area (Å²) in [6, 6.07) is 0. The molecular formula is C8H14ClN. The second kappa shape index (κ2) is 5.58. The molecule has 58 valence electrons. The fraction of sp³-hybridized carbons (Fsp3) is 0.750. The van der Waals surface area contributed by atoms with E-state index in [9.17, 15) is 0 Å². The van der Waals surface area contributed by atoms with E-state index in [1.807, 2.05) is 0 Å². The zero-order chi connectivity index (χ0) is 6.53. The molecule has 0 aromatic rings. The molecule has 0 radical (unpaired) electrons. The highest BCUT2D eigenvalue weighted by Gasteiger charge is 2.10. The first-order valence-corrected chi connectivity index (χ1v) is 3.57. The summed E-state index contributed by atoms with van der Waals surface area (Å²) < 4.78 is 0. The normalized spacial score (nSPS) is 24.5. The highest BCUT2D eigenvalue weighted by molar-refractivity contribution is 5.85. The lowest BCUT2D eigenvalue weighted by Gasteiger charge is -2.20. The van der Waals surface area contributed by atoms with Gasteiger partial charge in [0.05, 0.1) is 0 Å². The van der Waals surface area contributed by atoms with Crippen LogP contribution >= 0.6 is 12.4 Å². The van der Waals surface area contributed by atoms with Gasteiger partial charge in [-0.3, -0.25) is 0 Å². The van der Waals surface area contributed by atoms with Gasteiger partial charge in [-0.2, -0.15) is 0 Å². The zero-order valence-corrected chi connectivity index (χ0v) is 6.91. The molecule has 1 unspecified atom stereocenters. The maximum Gasteiger partial charge on any atom is 0.0126 e. The Bertz CT molecular complexity index is 111. The van der Waals surface area contributed by atoms with Gasteiger partial charge in [0.1, 0.15) is 0 Å². The summed E-state index contributed by atoms with van der Waals surface area (Å²) in [5, 5.41) is 3.32. The summed E-state index contributed by atoms with van der Waals surface area (Å²) in [4.78, 5) is 0. The molecule has 1 rings (SSSR count). The number of rotatable bonds is 1. The summed E-state index contributed by atoms with van der Waals surface area (Å²) in [6.07, 6.45) is 8.75. The lowest BCUT2D eigenvalue weighted by atomic mass is 9.97. The average Bonchev–Trinajstić information content (AvgIpc) is 1.91. The molecule has 0 aliphatic carbocycles. The first kappa shape index (κ1) is 9.81. The number of terminal acetylenes is 1. The van der Waals surface area contributed by atoms with Crippen molar-refractivity contribution >= 4 is 12.4 Å². The summed E-state index contributed by atoms with van der Waals surface area (Å²) >= 11 is 0. The van der Waals surface area contributed by atoms with Crippen LogP contribution in [-0.2, 0) is 0 Å². The van der Waals surface area contributed by atoms with Gasteiger partial charge in [-0.15, -0.1) is 24.8 Å². The third kappa shape index (κ3) is 3.10. The van der Waals surface area contributed by atoms with Crippen LogP contribution in [0, 0.1) is 18.3 Å². The van der Waals surface area contributed by atoms with Crippen LogP contribution in [0.25, 0.3) is 0 Å². The standard InChI is InChI=1S/C8H13N.ClH/c1-2-4-8-5-3-6-9-7-8;/h1,8-9H,3-7H2;1H. The van der Waals surface area contributed by atoms with E-state index in [-0.39, 0.29) is 12.4 Å². The molecule has 2 heteroatoms. The van der Waals surface area contributed by atoms with Crippen LogP contribution in [0.15, 0.2) is 0 Å². The molecule has 1 aliphatic heterocycles. The van der Waals surface area contributed by atoms with E-state index in [2.05, 4.69) is 11.2 Å². The van der Waals surface area contributed by atoms with Crippen molar-refractivity contribution < 1.29 is 0 Å². The lowest BCUT2D eigenvalue weighted by Crippen LogP contribution is -2.29. The molecule has 1 saturated heterocycles. The maximum atomic E-state index is 5.18. The quantitative estimate of drug-likeness (QED) is 0.571. The van der Waals surface area contributed by atoms with Crippen molar-refractivity contribution in [2.45, 2.75) is 19.3 Å². The second-order valence-corrected chi connectivity index (χ2v) is 2.62. The number of piperidine rings is 1. The van der Waals surface area contributed by atoms with E-state index in [0.29, 0.717) is 0 Å². The second-order valence-electron chi connectivity index (χ2n) is 2.62. The van der Waals surface area contributed by atoms with Crippen LogP contribution in [0.4, 0.5) is 0 Å². The number of hydrogen-bond donors (Lipinski definition) is 1. The van der Waals surface area contributed by atoms with Gasteiger partial charge < -0.3 is 5.32 Å². The third-order valence-corrected chi connectivity index (χ3v) is 1.81. The summed E-state index contributed by atoms with van der Waals surface area (Å²) in [5.41, 5.74) is 0. The first-order valence-electron chi connectivity index (χ1n) is 3.57. The van der Waals surface area contributed by atoms with Gasteiger partial charge in [-0.1, -0.05) is 0 Å². The Kier molecular flexibility index (Phi) is 5.48. The van der Waals surface area contributed by atoms with Gasteiger partial charge in [0.2, 0.25) is 0 Å². The Labute approximate surface area is 69.0 Å². The largest absolute Gasteiger partial charge is 0.316 e. The minimum atomic E-state index is 0. The van der Waals surface area contributed by atoms with Gasteiger partial charge in [0.25, 0.3) is 0 Å². The van der Waals surface area contributed by atoms with E-state index in [4.69, 9.17) is 6.42 Å². The summed E-state index contributed by atoms with van der Waals surface area (Å²) in [6.45, 7) is 2.31. The van der Waals surface area contributed by atoms with Crippen LogP contribution in [0.3, 0.4) is 0 Å². The van der Waals surface area contributed by atoms with E-state index >= 15 is 0 Å². The van der Waals surface area contributed by atoms with E-state index < -0.39 is 0 Å². The number of halogens is 1. The SMILES string of the molecule is C#CCC1CCCNC1.Cl. The molecule has 1 nitrogen and oxygen atoms in total. The first-order chi connectivity index (χ1) is 4.43. The maximum absolute atomic E-state index is 5.18. The van der Waals surface area contributed by atoms with Gasteiger partial charge >= 0.3 is 0 Å². The Morgan fingerprint density at radius 2 is 2.40 bits per heavy atom. The third-order valence-electron chi connectivity index (χ3n) is 1.81. The minimum absolute atomic E-state index is 0. The smallest absolute Gasteiger partial charge is 0.0126 e. The molecule has 0 aromatic carbocycles. The molecule has 1 atom stereocenters. The zero-order valence-electron chi connectivity index (χ0n) is 6.10. The molecule has 1 fully saturated rings. The molecule has 0 aromatic heterocycles. The highest BCUT2D eigenvalue weighted by Crippen LogP contribution is 2.12. The minimum Gasteiger partial charge on any atom is -0.316 e. The molecule has 1 aliphatic rings. The van der Waals surface area contributed by atoms with Crippen molar-refractivity contribution in [3.05, 3.63) is 0 Å². The van der Waals surface area contributed by atoms with Crippen LogP contribution in [0.1, 0.15) is 19.3 Å². The van der Waals surface area contributed by atoms with Crippen molar-refractivity contribution in [3.63, 3.8) is 0 Å². The Morgan fingerprint density at radius 1 is 1.60 bits per heavy atom. The molecule has 1 heterocycles. The van der Waals surface area contributed by atoms with Crippen molar-refractivity contribution in [1.29, 1.82) is 0 Å². The average molecular weight is 160 g/mol. The fourth-order valence-electron chi connectivity index (χ4n) is 1.26. The Morgan fingerprint density at radius 3 is 2.90 bits per heavy atom. The monoisotopic (exact) mass is 159 g/mol. The molecule has 0 spiro atoms. The Hall–Kier alpha value is -0.190. The van der Waals surface area contributed by atoms with Crippen molar-refractivity contribution in [2.75, 3.05) is 13.1 Å². The van der Waals surface area contributed by atoms with Crippen LogP contribution in [0.2, 0.25) is 0 Å². The van der Waals surface area contributed by atoms with Crippen LogP contribution in [-0.4, -0.2) is 13.1 Å². The van der Waals surface area contributed by atoms with Crippen LogP contribution in [0.5, 0.6) is 0 Å².